The van der Waals surface area contributed by atoms with Gasteiger partial charge in [-0.2, -0.15) is 0 Å². The number of halogens is 2. The molecule has 1 aliphatic heterocycles. The molecule has 1 fully saturated rings. The zero-order valence-corrected chi connectivity index (χ0v) is 15.6. The van der Waals surface area contributed by atoms with Gasteiger partial charge in [0.15, 0.2) is 12.4 Å². The molecule has 26 heavy (non-hydrogen) atoms. The zero-order chi connectivity index (χ0) is 17.6. The Hall–Kier alpha value is -2.08. The Morgan fingerprint density at radius 2 is 1.62 bits per heavy atom. The second-order valence-corrected chi connectivity index (χ2v) is 6.41. The second kappa shape index (κ2) is 9.57. The Kier molecular flexibility index (Phi) is 7.45. The Bertz CT molecular complexity index is 744. The molecule has 138 valence electrons. The first-order valence-electron chi connectivity index (χ1n) is 8.12. The van der Waals surface area contributed by atoms with Crippen LogP contribution in [0.3, 0.4) is 0 Å². The Morgan fingerprint density at radius 1 is 1.04 bits per heavy atom. The number of nitrogens with one attached hydrogen (secondary N) is 2. The zero-order valence-electron chi connectivity index (χ0n) is 14.0. The molecule has 1 aliphatic rings. The number of hydrogen-bond acceptors (Lipinski definition) is 4. The lowest BCUT2D eigenvalue weighted by Crippen LogP contribution is -2.48. The van der Waals surface area contributed by atoms with Gasteiger partial charge < -0.3 is 15.4 Å². The summed E-state index contributed by atoms with van der Waals surface area (Å²) in [6.45, 7) is 2.53. The fraction of sp³-hybridized carbons (Fsp3) is 0.263. The summed E-state index contributed by atoms with van der Waals surface area (Å²) in [4.78, 5) is 24.1. The smallest absolute Gasteiger partial charge is 0.257 e. The van der Waals surface area contributed by atoms with Crippen molar-refractivity contribution in [3.63, 3.8) is 0 Å². The maximum atomic E-state index is 12.4. The molecule has 1 amide bonds. The second-order valence-electron chi connectivity index (χ2n) is 5.98. The van der Waals surface area contributed by atoms with Gasteiger partial charge in [-0.15, -0.1) is 12.4 Å². The number of carbonyl (C=O) groups is 2. The third kappa shape index (κ3) is 5.46. The van der Waals surface area contributed by atoms with E-state index in [0.29, 0.717) is 34.4 Å². The summed E-state index contributed by atoms with van der Waals surface area (Å²) in [6, 6.07) is 13.5. The summed E-state index contributed by atoms with van der Waals surface area (Å²) >= 11 is 5.83. The third-order valence-corrected chi connectivity index (χ3v) is 4.30. The number of amides is 1. The van der Waals surface area contributed by atoms with Crippen molar-refractivity contribution < 1.29 is 14.3 Å². The van der Waals surface area contributed by atoms with Gasteiger partial charge in [0, 0.05) is 41.7 Å². The third-order valence-electron chi connectivity index (χ3n) is 4.05. The average molecular weight is 395 g/mol. The highest BCUT2D eigenvalue weighted by atomic mass is 35.5. The summed E-state index contributed by atoms with van der Waals surface area (Å²) in [7, 11) is 0. The van der Waals surface area contributed by atoms with E-state index < -0.39 is 0 Å². The van der Waals surface area contributed by atoms with E-state index in [4.69, 9.17) is 16.3 Å². The maximum Gasteiger partial charge on any atom is 0.257 e. The van der Waals surface area contributed by atoms with Crippen LogP contribution in [0.15, 0.2) is 48.5 Å². The van der Waals surface area contributed by atoms with Gasteiger partial charge in [0.05, 0.1) is 0 Å². The van der Waals surface area contributed by atoms with Crippen LogP contribution < -0.4 is 15.4 Å². The van der Waals surface area contributed by atoms with E-state index in [1.54, 1.807) is 48.5 Å². The summed E-state index contributed by atoms with van der Waals surface area (Å²) in [5.74, 6) is 0.832. The van der Waals surface area contributed by atoms with Crippen LogP contribution in [-0.2, 0) is 4.79 Å². The van der Waals surface area contributed by atoms with Crippen molar-refractivity contribution in [3.8, 4) is 5.75 Å². The van der Waals surface area contributed by atoms with Gasteiger partial charge in [0.1, 0.15) is 5.75 Å². The van der Waals surface area contributed by atoms with Crippen molar-refractivity contribution >= 4 is 35.7 Å². The molecule has 0 aromatic heterocycles. The minimum atomic E-state index is -0.145. The van der Waals surface area contributed by atoms with Crippen LogP contribution in [0.5, 0.6) is 5.75 Å². The van der Waals surface area contributed by atoms with E-state index in [-0.39, 0.29) is 30.7 Å². The molecule has 0 bridgehead atoms. The Labute approximate surface area is 163 Å². The van der Waals surface area contributed by atoms with Crippen molar-refractivity contribution in [2.45, 2.75) is 0 Å². The van der Waals surface area contributed by atoms with Crippen LogP contribution in [0.25, 0.3) is 0 Å². The van der Waals surface area contributed by atoms with Gasteiger partial charge in [-0.1, -0.05) is 11.6 Å². The molecule has 0 aliphatic carbocycles. The first-order valence-corrected chi connectivity index (χ1v) is 8.50. The number of ether oxygens (including phenoxy) is 1. The SMILES string of the molecule is Cl.O=C(COc1ccc(C(=O)c2ccc(Cl)cc2)cc1)NCC1CNC1. The van der Waals surface area contributed by atoms with Gasteiger partial charge in [-0.3, -0.25) is 9.59 Å². The fourth-order valence-electron chi connectivity index (χ4n) is 2.42. The number of hydrogen-bond donors (Lipinski definition) is 2. The molecule has 7 heteroatoms. The van der Waals surface area contributed by atoms with Crippen LogP contribution in [0.4, 0.5) is 0 Å². The highest BCUT2D eigenvalue weighted by molar-refractivity contribution is 6.30. The molecule has 2 N–H and O–H groups in total. The number of ketones is 1. The number of rotatable bonds is 7. The lowest BCUT2D eigenvalue weighted by atomic mass is 10.0. The van der Waals surface area contributed by atoms with Gasteiger partial charge in [0.25, 0.3) is 5.91 Å². The number of carbonyl (C=O) groups excluding carboxylic acids is 2. The monoisotopic (exact) mass is 394 g/mol. The molecule has 3 rings (SSSR count). The quantitative estimate of drug-likeness (QED) is 0.708. The van der Waals surface area contributed by atoms with Crippen molar-refractivity contribution in [3.05, 3.63) is 64.7 Å². The first kappa shape index (κ1) is 20.2. The van der Waals surface area contributed by atoms with Crippen molar-refractivity contribution in [2.75, 3.05) is 26.2 Å². The molecule has 2 aromatic carbocycles. The van der Waals surface area contributed by atoms with E-state index in [1.807, 2.05) is 0 Å². The fourth-order valence-corrected chi connectivity index (χ4v) is 2.55. The highest BCUT2D eigenvalue weighted by Gasteiger charge is 2.17. The van der Waals surface area contributed by atoms with Gasteiger partial charge >= 0.3 is 0 Å². The van der Waals surface area contributed by atoms with Crippen LogP contribution in [0, 0.1) is 5.92 Å². The molecule has 0 radical (unpaired) electrons. The van der Waals surface area contributed by atoms with Crippen LogP contribution in [0.1, 0.15) is 15.9 Å². The molecule has 0 spiro atoms. The molecule has 0 saturated carbocycles. The lowest BCUT2D eigenvalue weighted by Gasteiger charge is -2.27. The summed E-state index contributed by atoms with van der Waals surface area (Å²) < 4.78 is 5.45. The minimum Gasteiger partial charge on any atom is -0.484 e. The molecular weight excluding hydrogens is 375 g/mol. The predicted octanol–water partition coefficient (Wildman–Crippen LogP) is 2.71. The normalized spacial score (nSPS) is 13.3. The van der Waals surface area contributed by atoms with E-state index in [2.05, 4.69) is 10.6 Å². The Balaban J connectivity index is 0.00000243. The van der Waals surface area contributed by atoms with E-state index in [9.17, 15) is 9.59 Å². The Morgan fingerprint density at radius 3 is 2.15 bits per heavy atom. The van der Waals surface area contributed by atoms with Gasteiger partial charge in [0.2, 0.25) is 0 Å². The maximum absolute atomic E-state index is 12.4. The van der Waals surface area contributed by atoms with Crippen molar-refractivity contribution in [1.29, 1.82) is 0 Å². The van der Waals surface area contributed by atoms with Crippen LogP contribution in [-0.4, -0.2) is 37.9 Å². The van der Waals surface area contributed by atoms with Gasteiger partial charge in [-0.05, 0) is 48.5 Å². The average Bonchev–Trinajstić information content (AvgIpc) is 2.59. The van der Waals surface area contributed by atoms with E-state index in [1.165, 1.54) is 0 Å². The summed E-state index contributed by atoms with van der Waals surface area (Å²) in [5.41, 5.74) is 1.12. The molecule has 1 heterocycles. The molecular formula is C19H20Cl2N2O3. The topological polar surface area (TPSA) is 67.4 Å². The lowest BCUT2D eigenvalue weighted by molar-refractivity contribution is -0.123. The summed E-state index contributed by atoms with van der Waals surface area (Å²) in [6.07, 6.45) is 0. The van der Waals surface area contributed by atoms with E-state index in [0.717, 1.165) is 13.1 Å². The van der Waals surface area contributed by atoms with E-state index >= 15 is 0 Å². The molecule has 1 saturated heterocycles. The molecule has 0 unspecified atom stereocenters. The summed E-state index contributed by atoms with van der Waals surface area (Å²) in [5, 5.41) is 6.59. The molecule has 0 atom stereocenters. The van der Waals surface area contributed by atoms with Gasteiger partial charge in [-0.25, -0.2) is 0 Å². The van der Waals surface area contributed by atoms with Crippen molar-refractivity contribution in [1.82, 2.24) is 10.6 Å². The van der Waals surface area contributed by atoms with Crippen molar-refractivity contribution in [2.24, 2.45) is 5.92 Å². The number of benzene rings is 2. The largest absolute Gasteiger partial charge is 0.484 e. The van der Waals surface area contributed by atoms with Crippen LogP contribution >= 0.6 is 24.0 Å². The molecule has 2 aromatic rings. The molecule has 5 nitrogen and oxygen atoms in total. The highest BCUT2D eigenvalue weighted by Crippen LogP contribution is 2.17. The standard InChI is InChI=1S/C19H19ClN2O3.ClH/c20-16-5-1-14(2-6-16)19(24)15-3-7-17(8-4-15)25-12-18(23)22-11-13-9-21-10-13;/h1-8,13,21H,9-12H2,(H,22,23);1H. The first-order chi connectivity index (χ1) is 12.1. The predicted molar refractivity (Wildman–Crippen MR) is 103 cm³/mol. The minimum absolute atomic E-state index is 0. The van der Waals surface area contributed by atoms with Crippen LogP contribution in [0.2, 0.25) is 5.02 Å².